The van der Waals surface area contributed by atoms with Crippen molar-refractivity contribution in [2.45, 2.75) is 18.8 Å². The Morgan fingerprint density at radius 2 is 1.61 bits per heavy atom. The lowest BCUT2D eigenvalue weighted by molar-refractivity contribution is -0.138. The van der Waals surface area contributed by atoms with Crippen molar-refractivity contribution in [1.29, 1.82) is 0 Å². The SMILES string of the molecule is CN1CCN(CCCNC(=O)c2nc(Nc3ccc(C(F)(F)F)cc3)c3ccc(-c4ncccc4C(F)(F)F)nc3n2)CC1. The molecule has 4 aromatic rings. The second kappa shape index (κ2) is 12.7. The van der Waals surface area contributed by atoms with E-state index in [1.807, 2.05) is 0 Å². The summed E-state index contributed by atoms with van der Waals surface area (Å²) in [5, 5.41) is 5.87. The van der Waals surface area contributed by atoms with E-state index in [1.165, 1.54) is 30.5 Å². The molecule has 0 aliphatic carbocycles. The standard InChI is InChI=1S/C29H28F6N8O/c1-42-14-16-43(17-15-42)13-3-12-37-27(44)26-40-24(38-19-7-5-18(6-8-19)28(30,31)32)20-9-10-22(39-25(20)41-26)23-21(29(33,34)35)4-2-11-36-23/h2,4-11H,3,12-17H2,1H3,(H,37,44)(H,38,39,40,41). The number of hydrogen-bond acceptors (Lipinski definition) is 8. The van der Waals surface area contributed by atoms with Crippen molar-refractivity contribution in [3.63, 3.8) is 0 Å². The number of benzene rings is 1. The van der Waals surface area contributed by atoms with Crippen LogP contribution in [0.25, 0.3) is 22.4 Å². The Morgan fingerprint density at radius 3 is 2.30 bits per heavy atom. The molecule has 0 radical (unpaired) electrons. The van der Waals surface area contributed by atoms with Crippen LogP contribution in [0.2, 0.25) is 0 Å². The van der Waals surface area contributed by atoms with Crippen molar-refractivity contribution in [2.75, 3.05) is 51.6 Å². The summed E-state index contributed by atoms with van der Waals surface area (Å²) >= 11 is 0. The van der Waals surface area contributed by atoms with Crippen molar-refractivity contribution < 1.29 is 31.1 Å². The van der Waals surface area contributed by atoms with Crippen molar-refractivity contribution in [1.82, 2.24) is 35.1 Å². The number of aromatic nitrogens is 4. The van der Waals surface area contributed by atoms with Gasteiger partial charge in [0.2, 0.25) is 5.82 Å². The molecule has 1 saturated heterocycles. The molecule has 0 bridgehead atoms. The molecule has 5 rings (SSSR count). The lowest BCUT2D eigenvalue weighted by Crippen LogP contribution is -2.45. The van der Waals surface area contributed by atoms with Crippen LogP contribution in [0.3, 0.4) is 0 Å². The fourth-order valence-corrected chi connectivity index (χ4v) is 4.71. The topological polar surface area (TPSA) is 99.2 Å². The second-order valence-corrected chi connectivity index (χ2v) is 10.3. The minimum absolute atomic E-state index is 0.0356. The predicted octanol–water partition coefficient (Wildman–Crippen LogP) is 5.24. The smallest absolute Gasteiger partial charge is 0.349 e. The van der Waals surface area contributed by atoms with E-state index >= 15 is 0 Å². The summed E-state index contributed by atoms with van der Waals surface area (Å²) in [5.41, 5.74) is -2.29. The maximum absolute atomic E-state index is 13.7. The first-order chi connectivity index (χ1) is 20.9. The monoisotopic (exact) mass is 618 g/mol. The Labute approximate surface area is 248 Å². The number of pyridine rings is 2. The molecule has 1 amide bonds. The van der Waals surface area contributed by atoms with Gasteiger partial charge >= 0.3 is 12.4 Å². The number of anilines is 2. The highest BCUT2D eigenvalue weighted by molar-refractivity contribution is 5.96. The van der Waals surface area contributed by atoms with Gasteiger partial charge in [-0.1, -0.05) is 0 Å². The van der Waals surface area contributed by atoms with Gasteiger partial charge in [0.05, 0.1) is 22.2 Å². The summed E-state index contributed by atoms with van der Waals surface area (Å²) in [4.78, 5) is 34.3. The molecular formula is C29H28F6N8O. The maximum atomic E-state index is 13.7. The molecule has 0 spiro atoms. The average molecular weight is 619 g/mol. The molecule has 0 unspecified atom stereocenters. The molecule has 232 valence electrons. The zero-order valence-corrected chi connectivity index (χ0v) is 23.5. The quantitative estimate of drug-likeness (QED) is 0.205. The van der Waals surface area contributed by atoms with Crippen molar-refractivity contribution in [3.8, 4) is 11.4 Å². The number of amides is 1. The van der Waals surface area contributed by atoms with Gasteiger partial charge < -0.3 is 20.4 Å². The number of carbonyl (C=O) groups is 1. The Morgan fingerprint density at radius 1 is 0.886 bits per heavy atom. The highest BCUT2D eigenvalue weighted by Crippen LogP contribution is 2.36. The van der Waals surface area contributed by atoms with Gasteiger partial charge in [-0.15, -0.1) is 0 Å². The minimum Gasteiger partial charge on any atom is -0.349 e. The van der Waals surface area contributed by atoms with Gasteiger partial charge in [-0.05, 0) is 68.5 Å². The van der Waals surface area contributed by atoms with E-state index in [9.17, 15) is 31.1 Å². The van der Waals surface area contributed by atoms with Gasteiger partial charge in [0.15, 0.2) is 5.65 Å². The van der Waals surface area contributed by atoms with Crippen LogP contribution in [-0.2, 0) is 12.4 Å². The third-order valence-electron chi connectivity index (χ3n) is 7.13. The van der Waals surface area contributed by atoms with Crippen molar-refractivity contribution >= 4 is 28.4 Å². The Balaban J connectivity index is 1.44. The highest BCUT2D eigenvalue weighted by atomic mass is 19.4. The van der Waals surface area contributed by atoms with Gasteiger partial charge in [0, 0.05) is 44.6 Å². The van der Waals surface area contributed by atoms with Crippen molar-refractivity contribution in [3.05, 3.63) is 71.7 Å². The first-order valence-corrected chi connectivity index (χ1v) is 13.7. The van der Waals surface area contributed by atoms with E-state index in [-0.39, 0.29) is 34.1 Å². The molecule has 1 aliphatic rings. The fraction of sp³-hybridized carbons (Fsp3) is 0.345. The van der Waals surface area contributed by atoms with Crippen LogP contribution in [0.5, 0.6) is 0 Å². The minimum atomic E-state index is -4.70. The van der Waals surface area contributed by atoms with E-state index in [1.54, 1.807) is 0 Å². The first-order valence-electron chi connectivity index (χ1n) is 13.7. The largest absolute Gasteiger partial charge is 0.418 e. The number of fused-ring (bicyclic) bond motifs is 1. The number of piperazine rings is 1. The summed E-state index contributed by atoms with van der Waals surface area (Å²) in [6, 6.07) is 8.92. The van der Waals surface area contributed by atoms with E-state index < -0.39 is 35.1 Å². The number of likely N-dealkylation sites (N-methyl/N-ethyl adjacent to an activating group) is 1. The molecule has 0 saturated carbocycles. The molecule has 4 heterocycles. The molecule has 0 atom stereocenters. The molecular weight excluding hydrogens is 590 g/mol. The van der Waals surface area contributed by atoms with E-state index in [2.05, 4.69) is 47.4 Å². The molecule has 1 aliphatic heterocycles. The lowest BCUT2D eigenvalue weighted by Gasteiger charge is -2.32. The van der Waals surface area contributed by atoms with Gasteiger partial charge in [-0.25, -0.2) is 15.0 Å². The zero-order valence-electron chi connectivity index (χ0n) is 23.5. The van der Waals surface area contributed by atoms with Crippen LogP contribution in [0.15, 0.2) is 54.7 Å². The first kappa shape index (κ1) is 31.1. The summed E-state index contributed by atoms with van der Waals surface area (Å²) in [7, 11) is 2.06. The van der Waals surface area contributed by atoms with Crippen LogP contribution < -0.4 is 10.6 Å². The van der Waals surface area contributed by atoms with Gasteiger partial charge in [0.25, 0.3) is 5.91 Å². The van der Waals surface area contributed by atoms with Crippen molar-refractivity contribution in [2.24, 2.45) is 0 Å². The van der Waals surface area contributed by atoms with Crippen LogP contribution in [0.1, 0.15) is 28.2 Å². The lowest BCUT2D eigenvalue weighted by atomic mass is 10.1. The van der Waals surface area contributed by atoms with Gasteiger partial charge in [-0.2, -0.15) is 26.3 Å². The normalized spacial score (nSPS) is 15.0. The van der Waals surface area contributed by atoms with Crippen LogP contribution >= 0.6 is 0 Å². The van der Waals surface area contributed by atoms with Crippen LogP contribution in [0.4, 0.5) is 37.8 Å². The number of hydrogen-bond donors (Lipinski definition) is 2. The third-order valence-corrected chi connectivity index (χ3v) is 7.13. The Kier molecular flexibility index (Phi) is 8.97. The summed E-state index contributed by atoms with van der Waals surface area (Å²) in [6.07, 6.45) is -7.36. The van der Waals surface area contributed by atoms with Gasteiger partial charge in [-0.3, -0.25) is 9.78 Å². The van der Waals surface area contributed by atoms with Gasteiger partial charge in [0.1, 0.15) is 11.5 Å². The maximum Gasteiger partial charge on any atom is 0.418 e. The number of nitrogens with zero attached hydrogens (tertiary/aromatic N) is 6. The summed E-state index contributed by atoms with van der Waals surface area (Å²) < 4.78 is 80.2. The van der Waals surface area contributed by atoms with Crippen LogP contribution in [0, 0.1) is 0 Å². The number of carbonyl (C=O) groups excluding carboxylic acids is 1. The second-order valence-electron chi connectivity index (χ2n) is 10.3. The number of nitrogens with one attached hydrogen (secondary N) is 2. The molecule has 44 heavy (non-hydrogen) atoms. The number of alkyl halides is 6. The molecule has 9 nitrogen and oxygen atoms in total. The molecule has 3 aromatic heterocycles. The number of halogens is 6. The summed E-state index contributed by atoms with van der Waals surface area (Å²) in [5.74, 6) is -0.913. The molecule has 1 aromatic carbocycles. The molecule has 1 fully saturated rings. The Hall–Kier alpha value is -4.37. The molecule has 15 heteroatoms. The highest BCUT2D eigenvalue weighted by Gasteiger charge is 2.35. The fourth-order valence-electron chi connectivity index (χ4n) is 4.71. The third kappa shape index (κ3) is 7.39. The summed E-state index contributed by atoms with van der Waals surface area (Å²) in [6.45, 7) is 4.89. The predicted molar refractivity (Wildman–Crippen MR) is 151 cm³/mol. The van der Waals surface area contributed by atoms with E-state index in [0.29, 0.717) is 13.0 Å². The van der Waals surface area contributed by atoms with E-state index in [4.69, 9.17) is 0 Å². The molecule has 2 N–H and O–H groups in total. The zero-order chi connectivity index (χ0) is 31.5. The van der Waals surface area contributed by atoms with Crippen LogP contribution in [-0.4, -0.2) is 82.0 Å². The van der Waals surface area contributed by atoms with E-state index in [0.717, 1.165) is 57.0 Å². The average Bonchev–Trinajstić information content (AvgIpc) is 2.99. The Bertz CT molecular complexity index is 1620. The number of rotatable bonds is 8.